The van der Waals surface area contributed by atoms with Gasteiger partial charge in [-0.15, -0.1) is 0 Å². The highest BCUT2D eigenvalue weighted by atomic mass is 16.5. The number of unbranched alkanes of at least 4 members (excludes halogenated alkanes) is 1. The van der Waals surface area contributed by atoms with Crippen LogP contribution >= 0.6 is 0 Å². The smallest absolute Gasteiger partial charge is 0.193 e. The highest BCUT2D eigenvalue weighted by Gasteiger charge is 2.26. The zero-order chi connectivity index (χ0) is 15.8. The van der Waals surface area contributed by atoms with Crippen molar-refractivity contribution in [3.05, 3.63) is 18.0 Å². The molecule has 6 heteroatoms. The van der Waals surface area contributed by atoms with Gasteiger partial charge < -0.3 is 15.0 Å². The van der Waals surface area contributed by atoms with Crippen LogP contribution in [0.4, 0.5) is 0 Å². The molecule has 2 rings (SSSR count). The van der Waals surface area contributed by atoms with Gasteiger partial charge >= 0.3 is 0 Å². The molecular formula is C16H29N5O. The Balaban J connectivity index is 1.73. The first kappa shape index (κ1) is 16.8. The van der Waals surface area contributed by atoms with Crippen molar-refractivity contribution < 1.29 is 4.74 Å². The van der Waals surface area contributed by atoms with Gasteiger partial charge in [-0.2, -0.15) is 5.10 Å². The van der Waals surface area contributed by atoms with E-state index < -0.39 is 0 Å². The topological polar surface area (TPSA) is 54.7 Å². The van der Waals surface area contributed by atoms with Gasteiger partial charge in [0.15, 0.2) is 5.96 Å². The maximum absolute atomic E-state index is 5.58. The molecule has 2 heterocycles. The van der Waals surface area contributed by atoms with Crippen molar-refractivity contribution in [3.63, 3.8) is 0 Å². The van der Waals surface area contributed by atoms with Crippen LogP contribution in [-0.2, 0) is 11.8 Å². The van der Waals surface area contributed by atoms with E-state index in [0.29, 0.717) is 5.92 Å². The zero-order valence-corrected chi connectivity index (χ0v) is 14.1. The van der Waals surface area contributed by atoms with Crippen molar-refractivity contribution in [2.45, 2.75) is 32.1 Å². The molecule has 1 aromatic rings. The molecule has 1 aliphatic heterocycles. The highest BCUT2D eigenvalue weighted by Crippen LogP contribution is 2.26. The van der Waals surface area contributed by atoms with Gasteiger partial charge in [-0.3, -0.25) is 9.67 Å². The van der Waals surface area contributed by atoms with E-state index in [-0.39, 0.29) is 0 Å². The molecule has 124 valence electrons. The van der Waals surface area contributed by atoms with Gasteiger partial charge in [-0.05, 0) is 18.4 Å². The van der Waals surface area contributed by atoms with Crippen molar-refractivity contribution in [1.29, 1.82) is 0 Å². The largest absolute Gasteiger partial charge is 0.380 e. The van der Waals surface area contributed by atoms with E-state index >= 15 is 0 Å². The summed E-state index contributed by atoms with van der Waals surface area (Å²) in [5, 5.41) is 7.67. The molecule has 1 N–H and O–H groups in total. The first-order valence-electron chi connectivity index (χ1n) is 8.26. The molecule has 6 nitrogen and oxygen atoms in total. The Kier molecular flexibility index (Phi) is 6.71. The standard InChI is InChI=1S/C16H29N5O/c1-4-5-9-22-10-7-18-16(17-2)21-8-6-14(13-21)15-11-19-20(3)12-15/h11-12,14H,4-10,13H2,1-3H3,(H,17,18). The van der Waals surface area contributed by atoms with E-state index in [4.69, 9.17) is 4.74 Å². The Morgan fingerprint density at radius 3 is 3.05 bits per heavy atom. The maximum Gasteiger partial charge on any atom is 0.193 e. The summed E-state index contributed by atoms with van der Waals surface area (Å²) >= 11 is 0. The van der Waals surface area contributed by atoms with Gasteiger partial charge in [-0.25, -0.2) is 0 Å². The normalized spacial score (nSPS) is 19.0. The number of ether oxygens (including phenoxy) is 1. The fourth-order valence-electron chi connectivity index (χ4n) is 2.79. The molecule has 1 aliphatic rings. The first-order chi connectivity index (χ1) is 10.7. The maximum atomic E-state index is 5.58. The van der Waals surface area contributed by atoms with E-state index in [2.05, 4.69) is 33.4 Å². The quantitative estimate of drug-likeness (QED) is 0.472. The van der Waals surface area contributed by atoms with Crippen molar-refractivity contribution in [2.75, 3.05) is 39.9 Å². The van der Waals surface area contributed by atoms with Crippen LogP contribution in [0.1, 0.15) is 37.7 Å². The average molecular weight is 307 g/mol. The predicted octanol–water partition coefficient (Wildman–Crippen LogP) is 1.60. The number of nitrogens with one attached hydrogen (secondary N) is 1. The van der Waals surface area contributed by atoms with Crippen LogP contribution in [0.5, 0.6) is 0 Å². The third-order valence-electron chi connectivity index (χ3n) is 4.07. The Bertz CT molecular complexity index is 471. The van der Waals surface area contributed by atoms with Gasteiger partial charge in [0.25, 0.3) is 0 Å². The minimum absolute atomic E-state index is 0.549. The summed E-state index contributed by atoms with van der Waals surface area (Å²) in [6.07, 6.45) is 7.56. The molecule has 0 saturated carbocycles. The Morgan fingerprint density at radius 2 is 2.36 bits per heavy atom. The van der Waals surface area contributed by atoms with Crippen molar-refractivity contribution >= 4 is 5.96 Å². The molecule has 0 bridgehead atoms. The number of aryl methyl sites for hydroxylation is 1. The summed E-state index contributed by atoms with van der Waals surface area (Å²) in [6, 6.07) is 0. The van der Waals surface area contributed by atoms with Crippen molar-refractivity contribution in [2.24, 2.45) is 12.0 Å². The molecule has 0 spiro atoms. The fraction of sp³-hybridized carbons (Fsp3) is 0.750. The number of nitrogens with zero attached hydrogens (tertiary/aromatic N) is 4. The number of hydrogen-bond acceptors (Lipinski definition) is 3. The lowest BCUT2D eigenvalue weighted by atomic mass is 10.0. The summed E-state index contributed by atoms with van der Waals surface area (Å²) in [4.78, 5) is 6.72. The number of likely N-dealkylation sites (tertiary alicyclic amines) is 1. The van der Waals surface area contributed by atoms with E-state index in [1.807, 2.05) is 25.0 Å². The van der Waals surface area contributed by atoms with Crippen LogP contribution in [0.2, 0.25) is 0 Å². The summed E-state index contributed by atoms with van der Waals surface area (Å²) < 4.78 is 7.45. The minimum Gasteiger partial charge on any atom is -0.380 e. The molecule has 22 heavy (non-hydrogen) atoms. The van der Waals surface area contributed by atoms with E-state index in [1.54, 1.807) is 0 Å². The molecule has 1 fully saturated rings. The second-order valence-electron chi connectivity index (χ2n) is 5.82. The molecule has 0 amide bonds. The van der Waals surface area contributed by atoms with E-state index in [1.165, 1.54) is 12.0 Å². The fourth-order valence-corrected chi connectivity index (χ4v) is 2.79. The summed E-state index contributed by atoms with van der Waals surface area (Å²) in [5.74, 6) is 1.53. The Morgan fingerprint density at radius 1 is 1.50 bits per heavy atom. The first-order valence-corrected chi connectivity index (χ1v) is 8.26. The van der Waals surface area contributed by atoms with Crippen LogP contribution in [0, 0.1) is 0 Å². The van der Waals surface area contributed by atoms with Gasteiger partial charge in [0.05, 0.1) is 12.8 Å². The Labute approximate surface area is 133 Å². The Hall–Kier alpha value is -1.56. The van der Waals surface area contributed by atoms with Gasteiger partial charge in [0, 0.05) is 52.5 Å². The van der Waals surface area contributed by atoms with E-state index in [9.17, 15) is 0 Å². The lowest BCUT2D eigenvalue weighted by Gasteiger charge is -2.21. The zero-order valence-electron chi connectivity index (χ0n) is 14.1. The van der Waals surface area contributed by atoms with Crippen molar-refractivity contribution in [3.8, 4) is 0 Å². The summed E-state index contributed by atoms with van der Waals surface area (Å²) in [7, 11) is 3.81. The molecule has 0 radical (unpaired) electrons. The lowest BCUT2D eigenvalue weighted by Crippen LogP contribution is -2.41. The molecule has 1 saturated heterocycles. The third-order valence-corrected chi connectivity index (χ3v) is 4.07. The molecule has 1 unspecified atom stereocenters. The lowest BCUT2D eigenvalue weighted by molar-refractivity contribution is 0.135. The molecule has 0 aromatic carbocycles. The minimum atomic E-state index is 0.549. The van der Waals surface area contributed by atoms with E-state index in [0.717, 1.165) is 51.6 Å². The van der Waals surface area contributed by atoms with Crippen LogP contribution in [0.25, 0.3) is 0 Å². The number of aromatic nitrogens is 2. The van der Waals surface area contributed by atoms with Gasteiger partial charge in [0.2, 0.25) is 0 Å². The summed E-state index contributed by atoms with van der Waals surface area (Å²) in [5.41, 5.74) is 1.32. The predicted molar refractivity (Wildman–Crippen MR) is 89.2 cm³/mol. The third kappa shape index (κ3) is 4.73. The highest BCUT2D eigenvalue weighted by molar-refractivity contribution is 5.80. The SMILES string of the molecule is CCCCOCCNC(=NC)N1CCC(c2cnn(C)c2)C1. The molecule has 1 aromatic heterocycles. The van der Waals surface area contributed by atoms with Crippen LogP contribution < -0.4 is 5.32 Å². The van der Waals surface area contributed by atoms with Crippen LogP contribution in [0.15, 0.2) is 17.4 Å². The van der Waals surface area contributed by atoms with Gasteiger partial charge in [-0.1, -0.05) is 13.3 Å². The monoisotopic (exact) mass is 307 g/mol. The number of rotatable bonds is 7. The number of guanidine groups is 1. The second-order valence-corrected chi connectivity index (χ2v) is 5.82. The average Bonchev–Trinajstić information content (AvgIpc) is 3.15. The van der Waals surface area contributed by atoms with Crippen LogP contribution in [0.3, 0.4) is 0 Å². The molecular weight excluding hydrogens is 278 g/mol. The van der Waals surface area contributed by atoms with Crippen molar-refractivity contribution in [1.82, 2.24) is 20.0 Å². The number of hydrogen-bond donors (Lipinski definition) is 1. The number of aliphatic imine (C=N–C) groups is 1. The van der Waals surface area contributed by atoms with Gasteiger partial charge in [0.1, 0.15) is 0 Å². The molecule has 1 atom stereocenters. The summed E-state index contributed by atoms with van der Waals surface area (Å²) in [6.45, 7) is 6.61. The second kappa shape index (κ2) is 8.78. The van der Waals surface area contributed by atoms with Crippen LogP contribution in [-0.4, -0.2) is 60.5 Å². The molecule has 0 aliphatic carbocycles.